The average molecular weight is 590 g/mol. The van der Waals surface area contributed by atoms with Gasteiger partial charge in [-0.1, -0.05) is 0 Å². The molecule has 4 N–H and O–H groups in total. The van der Waals surface area contributed by atoms with E-state index < -0.39 is 79.3 Å². The third-order valence-corrected chi connectivity index (χ3v) is 7.17. The largest absolute Gasteiger partial charge is 0.477 e. The number of aromatic carboxylic acids is 2. The lowest BCUT2D eigenvalue weighted by Gasteiger charge is -2.38. The monoisotopic (exact) mass is 590 g/mol. The molecule has 1 saturated heterocycles. The first kappa shape index (κ1) is 28.3. The molecule has 5 rings (SSSR count). The molecule has 16 heteroatoms. The van der Waals surface area contributed by atoms with Gasteiger partial charge >= 0.3 is 11.9 Å². The Kier molecular flexibility index (Phi) is 6.92. The number of fused-ring (bicyclic) bond motifs is 2. The summed E-state index contributed by atoms with van der Waals surface area (Å²) in [4.78, 5) is 50.7. The van der Waals surface area contributed by atoms with Gasteiger partial charge < -0.3 is 30.9 Å². The highest BCUT2D eigenvalue weighted by molar-refractivity contribution is 5.95. The molecule has 12 nitrogen and oxygen atoms in total. The Hall–Kier alpha value is -5.28. The van der Waals surface area contributed by atoms with E-state index in [1.165, 1.54) is 23.9 Å². The summed E-state index contributed by atoms with van der Waals surface area (Å²) in [6.45, 7) is -0.484. The van der Waals surface area contributed by atoms with Crippen molar-refractivity contribution >= 4 is 45.1 Å². The summed E-state index contributed by atoms with van der Waals surface area (Å²) in [5.74, 6) is -7.70. The van der Waals surface area contributed by atoms with Gasteiger partial charge in [0.05, 0.1) is 10.8 Å². The number of anilines is 2. The van der Waals surface area contributed by atoms with Gasteiger partial charge in [0.15, 0.2) is 11.6 Å². The van der Waals surface area contributed by atoms with E-state index in [1.807, 2.05) is 0 Å². The Morgan fingerprint density at radius 1 is 0.690 bits per heavy atom. The van der Waals surface area contributed by atoms with Crippen LogP contribution in [0.1, 0.15) is 20.7 Å². The highest BCUT2D eigenvalue weighted by Crippen LogP contribution is 2.34. The second-order valence-corrected chi connectivity index (χ2v) is 9.35. The highest BCUT2D eigenvalue weighted by atomic mass is 19.1. The van der Waals surface area contributed by atoms with E-state index in [-0.39, 0.29) is 37.2 Å². The predicted octanol–water partition coefficient (Wildman–Crippen LogP) is 1.94. The zero-order valence-electron chi connectivity index (χ0n) is 22.0. The normalized spacial score (nSPS) is 13.6. The number of benzene rings is 2. The van der Waals surface area contributed by atoms with Crippen molar-refractivity contribution in [2.45, 2.75) is 0 Å². The van der Waals surface area contributed by atoms with Crippen LogP contribution < -0.4 is 31.5 Å². The summed E-state index contributed by atoms with van der Waals surface area (Å²) >= 11 is 0. The molecular formula is C26H22F4N6O6. The van der Waals surface area contributed by atoms with Gasteiger partial charge in [-0.05, 0) is 12.1 Å². The number of hydrogen-bond acceptors (Lipinski definition) is 8. The molecule has 42 heavy (non-hydrogen) atoms. The van der Waals surface area contributed by atoms with E-state index in [0.717, 1.165) is 33.9 Å². The molecule has 220 valence electrons. The van der Waals surface area contributed by atoms with Crippen LogP contribution >= 0.6 is 0 Å². The van der Waals surface area contributed by atoms with Crippen molar-refractivity contribution in [1.82, 2.24) is 9.35 Å². The lowest BCUT2D eigenvalue weighted by atomic mass is 10.1. The number of rotatable bonds is 6. The molecule has 0 radical (unpaired) electrons. The molecule has 4 aromatic rings. The van der Waals surface area contributed by atoms with Crippen LogP contribution in [0, 0.1) is 23.3 Å². The van der Waals surface area contributed by atoms with Crippen LogP contribution in [0.15, 0.2) is 34.1 Å². The van der Waals surface area contributed by atoms with Crippen molar-refractivity contribution in [3.05, 3.63) is 79.4 Å². The third-order valence-electron chi connectivity index (χ3n) is 7.17. The molecule has 3 heterocycles. The van der Waals surface area contributed by atoms with Gasteiger partial charge in [-0.15, -0.1) is 0 Å². The number of carboxylic acid groups (broad SMARTS) is 2. The second-order valence-electron chi connectivity index (χ2n) is 9.35. The lowest BCUT2D eigenvalue weighted by molar-refractivity contribution is 0.0684. The van der Waals surface area contributed by atoms with Gasteiger partial charge in [-0.3, -0.25) is 18.9 Å². The maximum Gasteiger partial charge on any atom is 0.341 e. The predicted molar refractivity (Wildman–Crippen MR) is 145 cm³/mol. The van der Waals surface area contributed by atoms with E-state index in [4.69, 9.17) is 0 Å². The molecule has 2 aromatic heterocycles. The molecule has 0 aliphatic carbocycles. The van der Waals surface area contributed by atoms with Crippen molar-refractivity contribution in [3.8, 4) is 0 Å². The first-order chi connectivity index (χ1) is 19.9. The van der Waals surface area contributed by atoms with Crippen molar-refractivity contribution < 1.29 is 37.4 Å². The fourth-order valence-corrected chi connectivity index (χ4v) is 5.20. The number of piperazine rings is 1. The first-order valence-electron chi connectivity index (χ1n) is 12.4. The standard InChI is InChI=1S/C26H22F4N6O6/c1-31-35-9-13(25(39)40)23(37)11-7-15(27)21(17(29)19(11)35)33-3-5-34(6-4-33)22-16(28)8-12-20(18(22)30)36(32-2)10-14(24(12)38)26(41)42/h7-10,31-32H,3-6H2,1-2H3,(H,39,40)(H,41,42). The van der Waals surface area contributed by atoms with Gasteiger partial charge in [0.25, 0.3) is 0 Å². The highest BCUT2D eigenvalue weighted by Gasteiger charge is 2.30. The van der Waals surface area contributed by atoms with Crippen LogP contribution in [-0.2, 0) is 0 Å². The molecule has 0 bridgehead atoms. The Labute approximate surface area is 232 Å². The fourth-order valence-electron chi connectivity index (χ4n) is 5.20. The maximum atomic E-state index is 15.8. The Morgan fingerprint density at radius 2 is 1.02 bits per heavy atom. The van der Waals surface area contributed by atoms with E-state index >= 15 is 17.6 Å². The van der Waals surface area contributed by atoms with Crippen LogP contribution in [0.5, 0.6) is 0 Å². The number of carbonyl (C=O) groups is 2. The minimum absolute atomic E-state index is 0.121. The number of hydrogen-bond donors (Lipinski definition) is 4. The first-order valence-corrected chi connectivity index (χ1v) is 12.4. The van der Waals surface area contributed by atoms with Crippen molar-refractivity contribution in [3.63, 3.8) is 0 Å². The van der Waals surface area contributed by atoms with Gasteiger partial charge in [0.1, 0.15) is 45.2 Å². The molecule has 1 aliphatic rings. The van der Waals surface area contributed by atoms with Crippen LogP contribution in [0.3, 0.4) is 0 Å². The molecule has 0 atom stereocenters. The van der Waals surface area contributed by atoms with Gasteiger partial charge in [-0.25, -0.2) is 27.2 Å². The van der Waals surface area contributed by atoms with E-state index in [1.54, 1.807) is 0 Å². The van der Waals surface area contributed by atoms with Gasteiger partial charge in [0, 0.05) is 52.7 Å². The van der Waals surface area contributed by atoms with Crippen LogP contribution in [0.4, 0.5) is 28.9 Å². The zero-order valence-corrected chi connectivity index (χ0v) is 22.0. The summed E-state index contributed by atoms with van der Waals surface area (Å²) in [7, 11) is 2.69. The smallest absolute Gasteiger partial charge is 0.341 e. The van der Waals surface area contributed by atoms with Gasteiger partial charge in [0.2, 0.25) is 10.9 Å². The number of carboxylic acids is 2. The molecule has 1 aliphatic heterocycles. The van der Waals surface area contributed by atoms with Crippen molar-refractivity contribution in [1.29, 1.82) is 0 Å². The molecule has 2 aromatic carbocycles. The summed E-state index contributed by atoms with van der Waals surface area (Å²) < 4.78 is 63.9. The quantitative estimate of drug-likeness (QED) is 0.246. The topological polar surface area (TPSA) is 149 Å². The van der Waals surface area contributed by atoms with E-state index in [0.29, 0.717) is 0 Å². The molecule has 0 unspecified atom stereocenters. The number of aromatic nitrogens is 2. The minimum atomic E-state index is -1.57. The van der Waals surface area contributed by atoms with Crippen LogP contribution in [0.2, 0.25) is 0 Å². The number of nitrogens with one attached hydrogen (secondary N) is 2. The van der Waals surface area contributed by atoms with Crippen molar-refractivity contribution in [2.75, 3.05) is 60.9 Å². The van der Waals surface area contributed by atoms with E-state index in [2.05, 4.69) is 10.9 Å². The summed E-state index contributed by atoms with van der Waals surface area (Å²) in [6.07, 6.45) is 1.76. The minimum Gasteiger partial charge on any atom is -0.477 e. The molecule has 0 amide bonds. The number of halogens is 4. The lowest BCUT2D eigenvalue weighted by Crippen LogP contribution is -2.48. The van der Waals surface area contributed by atoms with E-state index in [9.17, 15) is 29.4 Å². The fraction of sp³-hybridized carbons (Fsp3) is 0.231. The zero-order chi connectivity index (χ0) is 30.6. The van der Waals surface area contributed by atoms with Crippen LogP contribution in [-0.4, -0.2) is 71.8 Å². The third kappa shape index (κ3) is 4.22. The summed E-state index contributed by atoms with van der Waals surface area (Å²) in [6, 6.07) is 1.49. The second kappa shape index (κ2) is 10.3. The van der Waals surface area contributed by atoms with Gasteiger partial charge in [-0.2, -0.15) is 0 Å². The van der Waals surface area contributed by atoms with Crippen LogP contribution in [0.25, 0.3) is 21.8 Å². The SMILES string of the molecule is CNn1cc(C(=O)O)c(=O)c2cc(F)c(N3CCN(c4c(F)cc5c(=O)c(C(=O)O)cn(NC)c5c4F)CC3)c(F)c21. The molecule has 0 spiro atoms. The number of nitrogens with zero attached hydrogens (tertiary/aromatic N) is 4. The molecule has 1 fully saturated rings. The summed E-state index contributed by atoms with van der Waals surface area (Å²) in [5.41, 5.74) is -0.256. The Morgan fingerprint density at radius 3 is 1.31 bits per heavy atom. The molecule has 0 saturated carbocycles. The Bertz CT molecular complexity index is 1790. The average Bonchev–Trinajstić information content (AvgIpc) is 2.94. The van der Waals surface area contributed by atoms with Crippen molar-refractivity contribution in [2.24, 2.45) is 0 Å². The Balaban J connectivity index is 1.54. The maximum absolute atomic E-state index is 15.8. The summed E-state index contributed by atoms with van der Waals surface area (Å²) in [5, 5.41) is 17.6. The number of pyridine rings is 2. The molecular weight excluding hydrogens is 568 g/mol.